The van der Waals surface area contributed by atoms with Crippen LogP contribution >= 0.6 is 22.7 Å². The van der Waals surface area contributed by atoms with E-state index in [0.29, 0.717) is 27.5 Å². The Labute approximate surface area is 222 Å². The van der Waals surface area contributed by atoms with Crippen LogP contribution in [-0.4, -0.2) is 30.2 Å². The molecule has 0 aliphatic carbocycles. The summed E-state index contributed by atoms with van der Waals surface area (Å²) in [5.41, 5.74) is 2.24. The molecule has 2 amide bonds. The van der Waals surface area contributed by atoms with Crippen LogP contribution in [-0.2, 0) is 14.8 Å². The first-order valence-electron chi connectivity index (χ1n) is 11.0. The maximum atomic E-state index is 13.1. The molecule has 0 unspecified atom stereocenters. The molecule has 1 aromatic carbocycles. The Morgan fingerprint density at radius 1 is 0.919 bits per heavy atom. The summed E-state index contributed by atoms with van der Waals surface area (Å²) in [6.45, 7) is 5.17. The first kappa shape index (κ1) is 26.2. The lowest BCUT2D eigenvalue weighted by Gasteiger charge is -2.14. The lowest BCUT2D eigenvalue weighted by atomic mass is 10.2. The summed E-state index contributed by atoms with van der Waals surface area (Å²) in [5, 5.41) is 9.08. The van der Waals surface area contributed by atoms with Crippen molar-refractivity contribution in [1.82, 2.24) is 15.3 Å². The fourth-order valence-corrected chi connectivity index (χ4v) is 5.65. The average molecular weight is 554 g/mol. The first-order valence-corrected chi connectivity index (χ1v) is 14.2. The van der Waals surface area contributed by atoms with Crippen LogP contribution in [0.2, 0.25) is 0 Å². The monoisotopic (exact) mass is 553 g/mol. The second kappa shape index (κ2) is 11.0. The van der Waals surface area contributed by atoms with E-state index in [9.17, 15) is 18.0 Å². The molecule has 9 nitrogen and oxygen atoms in total. The molecule has 0 bridgehead atoms. The molecule has 3 heterocycles. The topological polar surface area (TPSA) is 130 Å². The Kier molecular flexibility index (Phi) is 7.81. The smallest absolute Gasteiger partial charge is 0.272 e. The Balaban J connectivity index is 1.54. The van der Waals surface area contributed by atoms with E-state index in [1.54, 1.807) is 50.4 Å². The molecule has 0 fully saturated rings. The number of carbonyl (C=O) groups is 2. The number of nitrogens with one attached hydrogen (secondary N) is 3. The summed E-state index contributed by atoms with van der Waals surface area (Å²) in [5.74, 6) is -0.957. The zero-order valence-electron chi connectivity index (χ0n) is 20.1. The Bertz CT molecular complexity index is 1560. The van der Waals surface area contributed by atoms with Crippen molar-refractivity contribution in [1.29, 1.82) is 0 Å². The molecule has 0 spiro atoms. The van der Waals surface area contributed by atoms with Crippen LogP contribution in [0, 0.1) is 20.8 Å². The number of carbonyl (C=O) groups excluding carboxylic acids is 2. The Hall–Kier alpha value is -3.87. The summed E-state index contributed by atoms with van der Waals surface area (Å²) < 4.78 is 28.2. The van der Waals surface area contributed by atoms with Gasteiger partial charge in [-0.15, -0.1) is 22.7 Å². The summed E-state index contributed by atoms with van der Waals surface area (Å²) in [4.78, 5) is 35.2. The van der Waals surface area contributed by atoms with Gasteiger partial charge in [-0.3, -0.25) is 9.59 Å². The normalized spacial score (nSPS) is 11.7. The summed E-state index contributed by atoms with van der Waals surface area (Å²) >= 11 is 2.69. The molecule has 3 N–H and O–H groups in total. The number of amides is 2. The molecule has 37 heavy (non-hydrogen) atoms. The van der Waals surface area contributed by atoms with Crippen molar-refractivity contribution in [2.45, 2.75) is 25.7 Å². The van der Waals surface area contributed by atoms with E-state index in [-0.39, 0.29) is 16.5 Å². The number of nitrogens with zero attached hydrogens (tertiary/aromatic N) is 2. The van der Waals surface area contributed by atoms with Crippen LogP contribution in [0.1, 0.15) is 31.5 Å². The van der Waals surface area contributed by atoms with E-state index in [2.05, 4.69) is 25.3 Å². The van der Waals surface area contributed by atoms with Gasteiger partial charge < -0.3 is 10.6 Å². The van der Waals surface area contributed by atoms with Gasteiger partial charge in [-0.1, -0.05) is 12.1 Å². The van der Waals surface area contributed by atoms with Crippen molar-refractivity contribution < 1.29 is 18.0 Å². The minimum absolute atomic E-state index is 0.00823. The maximum absolute atomic E-state index is 13.1. The van der Waals surface area contributed by atoms with Gasteiger partial charge in [-0.2, -0.15) is 0 Å². The molecule has 0 aliphatic heterocycles. The molecule has 0 atom stereocenters. The van der Waals surface area contributed by atoms with Gasteiger partial charge in [0.15, 0.2) is 0 Å². The van der Waals surface area contributed by atoms with Gasteiger partial charge in [0.1, 0.15) is 5.70 Å². The van der Waals surface area contributed by atoms with Gasteiger partial charge in [-0.25, -0.2) is 23.1 Å². The number of hydrogen-bond acceptors (Lipinski definition) is 8. The van der Waals surface area contributed by atoms with Crippen LogP contribution in [0.15, 0.2) is 69.9 Å². The van der Waals surface area contributed by atoms with Gasteiger partial charge in [0.05, 0.1) is 9.77 Å². The average Bonchev–Trinajstić information content (AvgIpc) is 3.53. The molecule has 0 saturated carbocycles. The second-order valence-electron chi connectivity index (χ2n) is 8.02. The fourth-order valence-electron chi connectivity index (χ4n) is 3.35. The molecule has 12 heteroatoms. The SMILES string of the molecule is Cc1cc(C)nc(NS(=O)(=O)c2ccc(NC(=O)C(=Cc3cccs3)NC(=O)c3cccs3)c(C)c2)n1. The zero-order chi connectivity index (χ0) is 26.6. The number of rotatable bonds is 8. The molecule has 0 radical (unpaired) electrons. The van der Waals surface area contributed by atoms with Crippen molar-refractivity contribution in [3.05, 3.63) is 91.7 Å². The molecule has 190 valence electrons. The lowest BCUT2D eigenvalue weighted by molar-refractivity contribution is -0.113. The van der Waals surface area contributed by atoms with Crippen molar-refractivity contribution >= 4 is 62.2 Å². The van der Waals surface area contributed by atoms with E-state index in [1.807, 2.05) is 17.5 Å². The fraction of sp³-hybridized carbons (Fsp3) is 0.120. The number of aryl methyl sites for hydroxylation is 3. The van der Waals surface area contributed by atoms with Gasteiger partial charge >= 0.3 is 0 Å². The number of benzene rings is 1. The van der Waals surface area contributed by atoms with E-state index < -0.39 is 21.8 Å². The molecule has 0 aliphatic rings. The van der Waals surface area contributed by atoms with E-state index in [4.69, 9.17) is 0 Å². The predicted octanol–water partition coefficient (Wildman–Crippen LogP) is 4.74. The van der Waals surface area contributed by atoms with Crippen LogP contribution < -0.4 is 15.4 Å². The third-order valence-corrected chi connectivity index (χ3v) is 8.05. The van der Waals surface area contributed by atoms with Crippen LogP contribution in [0.25, 0.3) is 6.08 Å². The van der Waals surface area contributed by atoms with E-state index in [0.717, 1.165) is 4.88 Å². The molecular weight excluding hydrogens is 531 g/mol. The van der Waals surface area contributed by atoms with Crippen molar-refractivity contribution in [2.24, 2.45) is 0 Å². The minimum atomic E-state index is -3.96. The Morgan fingerprint density at radius 3 is 2.24 bits per heavy atom. The predicted molar refractivity (Wildman–Crippen MR) is 146 cm³/mol. The van der Waals surface area contributed by atoms with E-state index in [1.165, 1.54) is 40.9 Å². The van der Waals surface area contributed by atoms with Crippen molar-refractivity contribution in [2.75, 3.05) is 10.0 Å². The number of sulfonamides is 1. The highest BCUT2D eigenvalue weighted by Gasteiger charge is 2.20. The van der Waals surface area contributed by atoms with Gasteiger partial charge in [0.25, 0.3) is 21.8 Å². The number of anilines is 2. The van der Waals surface area contributed by atoms with Crippen LogP contribution in [0.5, 0.6) is 0 Å². The highest BCUT2D eigenvalue weighted by molar-refractivity contribution is 7.92. The maximum Gasteiger partial charge on any atom is 0.272 e. The molecule has 0 saturated heterocycles. The van der Waals surface area contributed by atoms with Gasteiger partial charge in [0, 0.05) is 22.0 Å². The molecular formula is C25H23N5O4S3. The molecule has 4 rings (SSSR count). The van der Waals surface area contributed by atoms with Crippen LogP contribution in [0.4, 0.5) is 11.6 Å². The summed E-state index contributed by atoms with van der Waals surface area (Å²) in [6.07, 6.45) is 1.59. The highest BCUT2D eigenvalue weighted by atomic mass is 32.2. The van der Waals surface area contributed by atoms with Crippen molar-refractivity contribution in [3.8, 4) is 0 Å². The first-order chi connectivity index (χ1) is 17.6. The third kappa shape index (κ3) is 6.67. The van der Waals surface area contributed by atoms with Gasteiger partial charge in [0.2, 0.25) is 5.95 Å². The highest BCUT2D eigenvalue weighted by Crippen LogP contribution is 2.23. The van der Waals surface area contributed by atoms with Crippen molar-refractivity contribution in [3.63, 3.8) is 0 Å². The Morgan fingerprint density at radius 2 is 1.62 bits per heavy atom. The summed E-state index contributed by atoms with van der Waals surface area (Å²) in [6, 6.07) is 13.1. The largest absolute Gasteiger partial charge is 0.320 e. The number of aromatic nitrogens is 2. The third-order valence-electron chi connectivity index (χ3n) is 5.03. The second-order valence-corrected chi connectivity index (χ2v) is 11.6. The number of hydrogen-bond donors (Lipinski definition) is 3. The summed E-state index contributed by atoms with van der Waals surface area (Å²) in [7, 11) is -3.96. The van der Waals surface area contributed by atoms with Gasteiger partial charge in [-0.05, 0) is 79.6 Å². The molecule has 3 aromatic heterocycles. The standard InChI is InChI=1S/C25H23N5O4S3/c1-15-12-19(37(33,34)30-25-26-16(2)13-17(3)27-25)8-9-20(15)28-23(31)21(14-18-6-4-10-35-18)29-24(32)22-7-5-11-36-22/h4-14H,1-3H3,(H,28,31)(H,29,32)(H,26,27,30). The van der Waals surface area contributed by atoms with E-state index >= 15 is 0 Å². The molecule has 4 aromatic rings. The van der Waals surface area contributed by atoms with Crippen LogP contribution in [0.3, 0.4) is 0 Å². The quantitative estimate of drug-likeness (QED) is 0.270. The lowest BCUT2D eigenvalue weighted by Crippen LogP contribution is -2.30. The zero-order valence-corrected chi connectivity index (χ0v) is 22.6. The number of thiophene rings is 2. The minimum Gasteiger partial charge on any atom is -0.320 e.